The molecule has 0 saturated carbocycles. The molecule has 0 radical (unpaired) electrons. The number of rotatable bonds is 2. The Morgan fingerprint density at radius 3 is 2.84 bits per heavy atom. The molecule has 2 aliphatic heterocycles. The lowest BCUT2D eigenvalue weighted by molar-refractivity contribution is -0.142. The summed E-state index contributed by atoms with van der Waals surface area (Å²) in [4.78, 5) is 17.9. The van der Waals surface area contributed by atoms with E-state index in [4.69, 9.17) is 16.7 Å². The van der Waals surface area contributed by atoms with E-state index in [9.17, 15) is 4.79 Å². The Hall–Kier alpha value is -1.07. The average molecular weight is 284 g/mol. The Morgan fingerprint density at radius 1 is 1.42 bits per heavy atom. The molecule has 0 spiro atoms. The van der Waals surface area contributed by atoms with Crippen molar-refractivity contribution in [3.05, 3.63) is 16.7 Å². The van der Waals surface area contributed by atoms with Crippen LogP contribution in [0.2, 0.25) is 5.15 Å². The lowest BCUT2D eigenvalue weighted by Crippen LogP contribution is -2.27. The van der Waals surface area contributed by atoms with Crippen molar-refractivity contribution in [3.63, 3.8) is 0 Å². The third kappa shape index (κ3) is 2.25. The molecule has 0 aromatic carbocycles. The minimum atomic E-state index is -0.731. The molecular weight excluding hydrogens is 266 g/mol. The zero-order valence-corrected chi connectivity index (χ0v) is 11.7. The normalized spacial score (nSPS) is 27.5. The van der Waals surface area contributed by atoms with Crippen molar-refractivity contribution in [2.24, 2.45) is 5.92 Å². The molecular formula is C13H18ClN3O2. The summed E-state index contributed by atoms with van der Waals surface area (Å²) in [5, 5.41) is 9.62. The van der Waals surface area contributed by atoms with E-state index in [1.807, 2.05) is 0 Å². The number of likely N-dealkylation sites (N-methyl/N-ethyl adjacent to an activating group) is 1. The smallest absolute Gasteiger partial charge is 0.306 e. The Labute approximate surface area is 117 Å². The van der Waals surface area contributed by atoms with E-state index in [0.29, 0.717) is 23.9 Å². The minimum absolute atomic E-state index is 0.319. The van der Waals surface area contributed by atoms with E-state index < -0.39 is 5.97 Å². The van der Waals surface area contributed by atoms with Gasteiger partial charge in [0, 0.05) is 25.4 Å². The highest BCUT2D eigenvalue weighted by atomic mass is 35.5. The number of hydrogen-bond donors (Lipinski definition) is 1. The monoisotopic (exact) mass is 283 g/mol. The van der Waals surface area contributed by atoms with Crippen molar-refractivity contribution in [3.8, 4) is 0 Å². The first kappa shape index (κ1) is 12.9. The first-order valence-electron chi connectivity index (χ1n) is 6.72. The predicted octanol–water partition coefficient (Wildman–Crippen LogP) is 1.60. The first-order valence-corrected chi connectivity index (χ1v) is 7.10. The molecule has 1 N–H and O–H groups in total. The van der Waals surface area contributed by atoms with Gasteiger partial charge in [0.25, 0.3) is 0 Å². The number of likely N-dealkylation sites (tertiary alicyclic amines) is 1. The van der Waals surface area contributed by atoms with Gasteiger partial charge in [-0.15, -0.1) is 0 Å². The molecule has 1 aromatic heterocycles. The van der Waals surface area contributed by atoms with E-state index in [0.717, 1.165) is 37.6 Å². The lowest BCUT2D eigenvalue weighted by Gasteiger charge is -2.23. The summed E-state index contributed by atoms with van der Waals surface area (Å²) in [5.41, 5.74) is 0.907. The van der Waals surface area contributed by atoms with Crippen LogP contribution in [-0.4, -0.2) is 45.7 Å². The van der Waals surface area contributed by atoms with Crippen LogP contribution >= 0.6 is 11.6 Å². The molecule has 3 rings (SSSR count). The van der Waals surface area contributed by atoms with Gasteiger partial charge in [-0.05, 0) is 26.4 Å². The van der Waals surface area contributed by atoms with E-state index >= 15 is 0 Å². The maximum absolute atomic E-state index is 11.1. The second kappa shape index (κ2) is 4.80. The molecule has 0 bridgehead atoms. The Kier molecular flexibility index (Phi) is 3.27. The molecule has 6 heteroatoms. The number of carboxylic acid groups (broad SMARTS) is 1. The van der Waals surface area contributed by atoms with Crippen LogP contribution in [-0.2, 0) is 17.8 Å². The molecule has 0 amide bonds. The van der Waals surface area contributed by atoms with E-state index in [1.54, 1.807) is 0 Å². The zero-order valence-electron chi connectivity index (χ0n) is 11.0. The number of aromatic nitrogens is 2. The van der Waals surface area contributed by atoms with Gasteiger partial charge >= 0.3 is 5.97 Å². The molecule has 5 nitrogen and oxygen atoms in total. The summed E-state index contributed by atoms with van der Waals surface area (Å²) in [6.45, 7) is 2.82. The second-order valence-electron chi connectivity index (χ2n) is 5.63. The number of carboxylic acids is 1. The topological polar surface area (TPSA) is 58.4 Å². The maximum atomic E-state index is 11.1. The van der Waals surface area contributed by atoms with Crippen molar-refractivity contribution >= 4 is 17.6 Å². The molecule has 2 unspecified atom stereocenters. The number of carbonyl (C=O) groups is 1. The highest BCUT2D eigenvalue weighted by molar-refractivity contribution is 6.30. The molecule has 1 fully saturated rings. The van der Waals surface area contributed by atoms with Crippen LogP contribution < -0.4 is 0 Å². The van der Waals surface area contributed by atoms with Gasteiger partial charge in [0.05, 0.1) is 11.6 Å². The van der Waals surface area contributed by atoms with Crippen LogP contribution in [0.1, 0.15) is 30.3 Å². The molecule has 1 aromatic rings. The van der Waals surface area contributed by atoms with Gasteiger partial charge in [-0.2, -0.15) is 0 Å². The number of imidazole rings is 1. The fourth-order valence-corrected chi connectivity index (χ4v) is 3.47. The number of aliphatic carboxylic acids is 1. The van der Waals surface area contributed by atoms with Gasteiger partial charge in [0.1, 0.15) is 5.82 Å². The standard InChI is InChI=1S/C13H18ClN3O2/c1-16-4-2-9(7-16)12-15-11(14)10-6-8(13(18)19)3-5-17(10)12/h8-9H,2-7H2,1H3,(H,18,19). The van der Waals surface area contributed by atoms with E-state index in [1.165, 1.54) is 0 Å². The highest BCUT2D eigenvalue weighted by Gasteiger charge is 2.32. The van der Waals surface area contributed by atoms with Crippen LogP contribution in [0.15, 0.2) is 0 Å². The summed E-state index contributed by atoms with van der Waals surface area (Å²) in [7, 11) is 2.11. The Bertz CT molecular complexity index is 514. The zero-order chi connectivity index (χ0) is 13.6. The predicted molar refractivity (Wildman–Crippen MR) is 71.5 cm³/mol. The van der Waals surface area contributed by atoms with Crippen LogP contribution in [0.25, 0.3) is 0 Å². The van der Waals surface area contributed by atoms with Gasteiger partial charge in [-0.3, -0.25) is 4.79 Å². The van der Waals surface area contributed by atoms with Crippen LogP contribution in [0.3, 0.4) is 0 Å². The second-order valence-corrected chi connectivity index (χ2v) is 5.99. The Balaban J connectivity index is 1.89. The molecule has 1 saturated heterocycles. The average Bonchev–Trinajstić information content (AvgIpc) is 2.94. The van der Waals surface area contributed by atoms with Crippen LogP contribution in [0, 0.1) is 5.92 Å². The lowest BCUT2D eigenvalue weighted by atomic mass is 9.96. The van der Waals surface area contributed by atoms with Gasteiger partial charge in [-0.1, -0.05) is 11.6 Å². The van der Waals surface area contributed by atoms with Crippen molar-refractivity contribution in [1.29, 1.82) is 0 Å². The van der Waals surface area contributed by atoms with Crippen molar-refractivity contribution in [2.45, 2.75) is 31.7 Å². The summed E-state index contributed by atoms with van der Waals surface area (Å²) in [6.07, 6.45) is 2.28. The van der Waals surface area contributed by atoms with Crippen molar-refractivity contribution in [1.82, 2.24) is 14.5 Å². The summed E-state index contributed by atoms with van der Waals surface area (Å²) in [6, 6.07) is 0. The van der Waals surface area contributed by atoms with Gasteiger partial charge in [0.15, 0.2) is 5.15 Å². The van der Waals surface area contributed by atoms with Gasteiger partial charge < -0.3 is 14.6 Å². The van der Waals surface area contributed by atoms with Crippen LogP contribution in [0.5, 0.6) is 0 Å². The summed E-state index contributed by atoms with van der Waals surface area (Å²) < 4.78 is 2.16. The SMILES string of the molecule is CN1CCC(c2nc(Cl)c3n2CCC(C(=O)O)C3)C1. The summed E-state index contributed by atoms with van der Waals surface area (Å²) in [5.74, 6) is 0.428. The third-order valence-electron chi connectivity index (χ3n) is 4.30. The molecule has 3 heterocycles. The number of hydrogen-bond acceptors (Lipinski definition) is 3. The largest absolute Gasteiger partial charge is 0.481 e. The van der Waals surface area contributed by atoms with Crippen molar-refractivity contribution in [2.75, 3.05) is 20.1 Å². The fourth-order valence-electron chi connectivity index (χ4n) is 3.21. The van der Waals surface area contributed by atoms with Crippen LogP contribution in [0.4, 0.5) is 0 Å². The third-order valence-corrected chi connectivity index (χ3v) is 4.60. The molecule has 104 valence electrons. The van der Waals surface area contributed by atoms with Gasteiger partial charge in [-0.25, -0.2) is 4.98 Å². The van der Waals surface area contributed by atoms with E-state index in [-0.39, 0.29) is 5.92 Å². The highest BCUT2D eigenvalue weighted by Crippen LogP contribution is 2.33. The molecule has 19 heavy (non-hydrogen) atoms. The number of halogens is 1. The fraction of sp³-hybridized carbons (Fsp3) is 0.692. The number of fused-ring (bicyclic) bond motifs is 1. The quantitative estimate of drug-likeness (QED) is 0.896. The van der Waals surface area contributed by atoms with Gasteiger partial charge in [0.2, 0.25) is 0 Å². The minimum Gasteiger partial charge on any atom is -0.481 e. The molecule has 0 aliphatic carbocycles. The summed E-state index contributed by atoms with van der Waals surface area (Å²) >= 11 is 6.21. The number of nitrogens with zero attached hydrogens (tertiary/aromatic N) is 3. The maximum Gasteiger partial charge on any atom is 0.306 e. The molecule has 2 atom stereocenters. The Morgan fingerprint density at radius 2 is 2.21 bits per heavy atom. The first-order chi connectivity index (χ1) is 9.06. The van der Waals surface area contributed by atoms with E-state index in [2.05, 4.69) is 21.5 Å². The molecule has 2 aliphatic rings. The van der Waals surface area contributed by atoms with Crippen molar-refractivity contribution < 1.29 is 9.90 Å².